The Kier molecular flexibility index (Phi) is 1.65. The lowest BCUT2D eigenvalue weighted by molar-refractivity contribution is 0.823. The molecule has 0 unspecified atom stereocenters. The predicted octanol–water partition coefficient (Wildman–Crippen LogP) is 2.90. The van der Waals surface area contributed by atoms with Gasteiger partial charge in [0.2, 0.25) is 0 Å². The molecule has 1 aromatic rings. The van der Waals surface area contributed by atoms with Gasteiger partial charge in [-0.1, -0.05) is 41.4 Å². The smallest absolute Gasteiger partial charge is 0.140 e. The first-order valence-corrected chi connectivity index (χ1v) is 4.24. The molecule has 2 rings (SSSR count). The van der Waals surface area contributed by atoms with E-state index in [1.807, 2.05) is 0 Å². The Morgan fingerprint density at radius 3 is 2.33 bits per heavy atom. The molecule has 0 radical (unpaired) electrons. The maximum Gasteiger partial charge on any atom is 0.267 e. The van der Waals surface area contributed by atoms with E-state index < -0.39 is 5.12 Å². The van der Waals surface area contributed by atoms with E-state index in [-0.39, 0.29) is 0 Å². The molecule has 0 N–H and O–H groups in total. The number of hydrogen-bond donors (Lipinski definition) is 0. The van der Waals surface area contributed by atoms with E-state index in [1.54, 1.807) is 0 Å². The number of hydrogen-bond acceptors (Lipinski definition) is 2. The Balaban J connectivity index is 2.09. The zero-order valence-electron chi connectivity index (χ0n) is 6.79. The van der Waals surface area contributed by atoms with Gasteiger partial charge in [-0.15, -0.1) is 10.2 Å². The zero-order valence-corrected chi connectivity index (χ0v) is 7.54. The lowest BCUT2D eigenvalue weighted by Gasteiger charge is -2.01. The molecule has 0 aromatic heterocycles. The third-order valence-electron chi connectivity index (χ3n) is 1.87. The fourth-order valence-electron chi connectivity index (χ4n) is 1.09. The van der Waals surface area contributed by atoms with Gasteiger partial charge in [-0.05, 0) is 12.5 Å². The van der Waals surface area contributed by atoms with Crippen LogP contribution >= 0.6 is 11.6 Å². The highest BCUT2D eigenvalue weighted by molar-refractivity contribution is 6.24. The van der Waals surface area contributed by atoms with Crippen molar-refractivity contribution < 1.29 is 0 Å². The molecule has 3 heteroatoms. The summed E-state index contributed by atoms with van der Waals surface area (Å²) < 4.78 is 0. The van der Waals surface area contributed by atoms with Crippen LogP contribution in [-0.2, 0) is 6.42 Å². The van der Waals surface area contributed by atoms with Crippen molar-refractivity contribution in [3.8, 4) is 0 Å². The lowest BCUT2D eigenvalue weighted by Crippen LogP contribution is -2.04. The van der Waals surface area contributed by atoms with Crippen molar-refractivity contribution in [3.05, 3.63) is 35.4 Å². The number of halogens is 1. The van der Waals surface area contributed by atoms with Gasteiger partial charge < -0.3 is 0 Å². The van der Waals surface area contributed by atoms with Crippen molar-refractivity contribution in [2.45, 2.75) is 18.5 Å². The Hall–Kier alpha value is -0.890. The Bertz CT molecular complexity index is 310. The highest BCUT2D eigenvalue weighted by atomic mass is 35.5. The monoisotopic (exact) mass is 180 g/mol. The van der Waals surface area contributed by atoms with Crippen LogP contribution in [0.2, 0.25) is 0 Å². The summed E-state index contributed by atoms with van der Waals surface area (Å²) in [5, 5.41) is 6.86. The summed E-state index contributed by atoms with van der Waals surface area (Å²) in [5.74, 6) is 0. The molecular formula is C9H9ClN2. The van der Waals surface area contributed by atoms with Crippen LogP contribution in [0.15, 0.2) is 34.5 Å². The molecule has 2 nitrogen and oxygen atoms in total. The van der Waals surface area contributed by atoms with Crippen molar-refractivity contribution in [3.63, 3.8) is 0 Å². The summed E-state index contributed by atoms with van der Waals surface area (Å²) in [6, 6.07) is 8.25. The van der Waals surface area contributed by atoms with Gasteiger partial charge in [0, 0.05) is 6.42 Å². The van der Waals surface area contributed by atoms with Crippen LogP contribution in [0, 0.1) is 6.92 Å². The van der Waals surface area contributed by atoms with Crippen LogP contribution in [0.25, 0.3) is 0 Å². The van der Waals surface area contributed by atoms with Crippen molar-refractivity contribution in [1.82, 2.24) is 0 Å². The number of alkyl halides is 1. The third-order valence-corrected chi connectivity index (χ3v) is 2.15. The minimum atomic E-state index is -0.630. The number of nitrogens with zero attached hydrogens (tertiary/aromatic N) is 2. The summed E-state index contributed by atoms with van der Waals surface area (Å²) in [5.41, 5.74) is 2.44. The Morgan fingerprint density at radius 1 is 1.25 bits per heavy atom. The molecule has 0 fully saturated rings. The van der Waals surface area contributed by atoms with E-state index in [9.17, 15) is 0 Å². The lowest BCUT2D eigenvalue weighted by atomic mass is 10.1. The van der Waals surface area contributed by atoms with Crippen LogP contribution in [0.3, 0.4) is 0 Å². The van der Waals surface area contributed by atoms with Gasteiger partial charge >= 0.3 is 0 Å². The van der Waals surface area contributed by atoms with Crippen LogP contribution in [0.4, 0.5) is 0 Å². The van der Waals surface area contributed by atoms with Gasteiger partial charge in [0.05, 0.1) is 0 Å². The van der Waals surface area contributed by atoms with Gasteiger partial charge in [-0.2, -0.15) is 0 Å². The Labute approximate surface area is 76.3 Å². The molecule has 1 aromatic carbocycles. The minimum Gasteiger partial charge on any atom is -0.140 e. The minimum absolute atomic E-state index is 0.630. The molecule has 0 aliphatic carbocycles. The fraction of sp³-hybridized carbons (Fsp3) is 0.333. The van der Waals surface area contributed by atoms with Crippen LogP contribution < -0.4 is 0 Å². The van der Waals surface area contributed by atoms with Gasteiger partial charge in [0.15, 0.2) is 0 Å². The van der Waals surface area contributed by atoms with Crippen molar-refractivity contribution >= 4 is 11.6 Å². The van der Waals surface area contributed by atoms with Gasteiger partial charge in [-0.3, -0.25) is 0 Å². The van der Waals surface area contributed by atoms with Crippen molar-refractivity contribution in [1.29, 1.82) is 0 Å². The highest BCUT2D eigenvalue weighted by Crippen LogP contribution is 2.36. The number of aryl methyl sites for hydroxylation is 1. The average molecular weight is 181 g/mol. The van der Waals surface area contributed by atoms with E-state index in [2.05, 4.69) is 41.4 Å². The first kappa shape index (κ1) is 7.74. The quantitative estimate of drug-likeness (QED) is 0.494. The van der Waals surface area contributed by atoms with Gasteiger partial charge in [-0.25, -0.2) is 0 Å². The first-order chi connectivity index (χ1) is 5.68. The van der Waals surface area contributed by atoms with Crippen LogP contribution in [0.5, 0.6) is 0 Å². The summed E-state index contributed by atoms with van der Waals surface area (Å²) >= 11 is 5.89. The SMILES string of the molecule is Cc1ccc(CC2(Cl)N=N2)cc1. The average Bonchev–Trinajstić information content (AvgIpc) is 2.74. The molecule has 0 amide bonds. The molecule has 0 saturated heterocycles. The second-order valence-electron chi connectivity index (χ2n) is 3.08. The molecule has 1 aliphatic heterocycles. The number of benzene rings is 1. The van der Waals surface area contributed by atoms with Crippen LogP contribution in [0.1, 0.15) is 11.1 Å². The third kappa shape index (κ3) is 1.64. The molecule has 62 valence electrons. The van der Waals surface area contributed by atoms with E-state index >= 15 is 0 Å². The van der Waals surface area contributed by atoms with E-state index in [0.29, 0.717) is 6.42 Å². The van der Waals surface area contributed by atoms with E-state index in [0.717, 1.165) is 0 Å². The molecule has 1 heterocycles. The highest BCUT2D eigenvalue weighted by Gasteiger charge is 2.37. The summed E-state index contributed by atoms with van der Waals surface area (Å²) in [4.78, 5) is 0. The molecular weight excluding hydrogens is 172 g/mol. The maximum absolute atomic E-state index is 5.89. The molecule has 1 aliphatic rings. The summed E-state index contributed by atoms with van der Waals surface area (Å²) in [6.45, 7) is 2.06. The van der Waals surface area contributed by atoms with Crippen LogP contribution in [-0.4, -0.2) is 5.12 Å². The molecule has 0 bridgehead atoms. The fourth-order valence-corrected chi connectivity index (χ4v) is 1.28. The normalized spacial score (nSPS) is 17.8. The molecule has 12 heavy (non-hydrogen) atoms. The first-order valence-electron chi connectivity index (χ1n) is 3.86. The molecule has 0 spiro atoms. The van der Waals surface area contributed by atoms with Gasteiger partial charge in [0.1, 0.15) is 0 Å². The van der Waals surface area contributed by atoms with Gasteiger partial charge in [0.25, 0.3) is 5.12 Å². The van der Waals surface area contributed by atoms with Crippen molar-refractivity contribution in [2.24, 2.45) is 10.2 Å². The second kappa shape index (κ2) is 2.56. The molecule has 0 saturated carbocycles. The van der Waals surface area contributed by atoms with E-state index in [4.69, 9.17) is 11.6 Å². The maximum atomic E-state index is 5.89. The number of rotatable bonds is 2. The second-order valence-corrected chi connectivity index (χ2v) is 3.69. The zero-order chi connectivity index (χ0) is 8.60. The molecule has 0 atom stereocenters. The summed E-state index contributed by atoms with van der Waals surface area (Å²) in [6.07, 6.45) is 0.703. The largest absolute Gasteiger partial charge is 0.267 e. The predicted molar refractivity (Wildman–Crippen MR) is 48.3 cm³/mol. The standard InChI is InChI=1S/C9H9ClN2/c1-7-2-4-8(5-3-7)6-9(10)11-12-9/h2-5H,6H2,1H3. The van der Waals surface area contributed by atoms with Crippen molar-refractivity contribution in [2.75, 3.05) is 0 Å². The summed E-state index contributed by atoms with van der Waals surface area (Å²) in [7, 11) is 0. The Morgan fingerprint density at radius 2 is 1.83 bits per heavy atom. The van der Waals surface area contributed by atoms with E-state index in [1.165, 1.54) is 11.1 Å². The topological polar surface area (TPSA) is 24.7 Å².